The van der Waals surface area contributed by atoms with E-state index in [1.54, 1.807) is 12.1 Å². The van der Waals surface area contributed by atoms with Crippen LogP contribution in [0.3, 0.4) is 0 Å². The molecule has 0 aliphatic heterocycles. The van der Waals surface area contributed by atoms with Gasteiger partial charge in [-0.05, 0) is 42.2 Å². The second kappa shape index (κ2) is 9.41. The molecule has 1 aromatic heterocycles. The highest BCUT2D eigenvalue weighted by molar-refractivity contribution is 14.0. The smallest absolute Gasteiger partial charge is 0.188 e. The van der Waals surface area contributed by atoms with E-state index in [1.807, 2.05) is 24.4 Å². The van der Waals surface area contributed by atoms with Crippen LogP contribution in [0, 0.1) is 5.82 Å². The molecule has 0 saturated carbocycles. The predicted molar refractivity (Wildman–Crippen MR) is 112 cm³/mol. The summed E-state index contributed by atoms with van der Waals surface area (Å²) >= 11 is 0. The minimum Gasteiger partial charge on any atom is -0.370 e. The number of aromatic amines is 1. The van der Waals surface area contributed by atoms with E-state index >= 15 is 0 Å². The normalized spacial score (nSPS) is 11.3. The number of aromatic nitrogens is 1. The first-order valence-electron chi connectivity index (χ1n) is 8.05. The van der Waals surface area contributed by atoms with Crippen molar-refractivity contribution in [2.45, 2.75) is 12.8 Å². The van der Waals surface area contributed by atoms with E-state index in [0.717, 1.165) is 29.4 Å². The Morgan fingerprint density at radius 1 is 1.12 bits per heavy atom. The lowest BCUT2D eigenvalue weighted by atomic mass is 10.1. The molecule has 0 bridgehead atoms. The lowest BCUT2D eigenvalue weighted by Gasteiger charge is -2.05. The topological polar surface area (TPSA) is 66.2 Å². The van der Waals surface area contributed by atoms with Crippen molar-refractivity contribution >= 4 is 40.8 Å². The van der Waals surface area contributed by atoms with Crippen LogP contribution < -0.4 is 11.1 Å². The Balaban J connectivity index is 0.00000225. The van der Waals surface area contributed by atoms with E-state index in [-0.39, 0.29) is 29.8 Å². The van der Waals surface area contributed by atoms with Crippen molar-refractivity contribution in [3.8, 4) is 0 Å². The number of nitrogens with zero attached hydrogens (tertiary/aromatic N) is 1. The van der Waals surface area contributed by atoms with Crippen molar-refractivity contribution < 1.29 is 4.39 Å². The summed E-state index contributed by atoms with van der Waals surface area (Å²) in [5.74, 6) is 0.214. The monoisotopic (exact) mass is 452 g/mol. The van der Waals surface area contributed by atoms with Crippen LogP contribution in [-0.4, -0.2) is 24.0 Å². The third kappa shape index (κ3) is 5.45. The van der Waals surface area contributed by atoms with Crippen molar-refractivity contribution in [1.82, 2.24) is 10.3 Å². The first-order chi connectivity index (χ1) is 11.7. The molecule has 0 amide bonds. The van der Waals surface area contributed by atoms with Gasteiger partial charge in [0.1, 0.15) is 5.82 Å². The number of hydrogen-bond acceptors (Lipinski definition) is 1. The van der Waals surface area contributed by atoms with Gasteiger partial charge in [0.15, 0.2) is 5.96 Å². The van der Waals surface area contributed by atoms with Gasteiger partial charge in [0.25, 0.3) is 0 Å². The first kappa shape index (κ1) is 19.2. The number of halogens is 2. The molecule has 0 fully saturated rings. The molecule has 6 heteroatoms. The summed E-state index contributed by atoms with van der Waals surface area (Å²) in [5.41, 5.74) is 9.13. The summed E-state index contributed by atoms with van der Waals surface area (Å²) < 4.78 is 13.4. The fourth-order valence-electron chi connectivity index (χ4n) is 2.69. The summed E-state index contributed by atoms with van der Waals surface area (Å²) in [5, 5.41) is 4.02. The van der Waals surface area contributed by atoms with Gasteiger partial charge in [-0.15, -0.1) is 24.0 Å². The Kier molecular flexibility index (Phi) is 7.24. The van der Waals surface area contributed by atoms with Gasteiger partial charge in [-0.2, -0.15) is 0 Å². The quantitative estimate of drug-likeness (QED) is 0.304. The molecule has 25 heavy (non-hydrogen) atoms. The highest BCUT2D eigenvalue weighted by Gasteiger charge is 2.04. The van der Waals surface area contributed by atoms with Crippen LogP contribution in [0.5, 0.6) is 0 Å². The molecule has 0 saturated heterocycles. The van der Waals surface area contributed by atoms with Gasteiger partial charge in [-0.3, -0.25) is 4.99 Å². The maximum Gasteiger partial charge on any atom is 0.188 e. The number of H-pyrrole nitrogens is 1. The molecule has 0 radical (unpaired) electrons. The van der Waals surface area contributed by atoms with E-state index in [2.05, 4.69) is 27.4 Å². The van der Waals surface area contributed by atoms with Crippen LogP contribution in [0.4, 0.5) is 4.39 Å². The second-order valence-corrected chi connectivity index (χ2v) is 5.68. The summed E-state index contributed by atoms with van der Waals surface area (Å²) in [6.45, 7) is 1.31. The standard InChI is InChI=1S/C19H21FN4.HI/c20-16-6-7-18-17(12-16)15(13-24-18)9-11-23-19(21)22-10-8-14-4-2-1-3-5-14;/h1-7,12-13,24H,8-11H2,(H3,21,22,23);1H. The molecule has 4 nitrogen and oxygen atoms in total. The van der Waals surface area contributed by atoms with Crippen LogP contribution in [0.1, 0.15) is 11.1 Å². The second-order valence-electron chi connectivity index (χ2n) is 5.68. The molecule has 0 spiro atoms. The first-order valence-corrected chi connectivity index (χ1v) is 8.05. The maximum absolute atomic E-state index is 13.4. The maximum atomic E-state index is 13.4. The van der Waals surface area contributed by atoms with E-state index in [1.165, 1.54) is 11.6 Å². The summed E-state index contributed by atoms with van der Waals surface area (Å²) in [6, 6.07) is 15.0. The van der Waals surface area contributed by atoms with E-state index in [4.69, 9.17) is 5.73 Å². The van der Waals surface area contributed by atoms with E-state index < -0.39 is 0 Å². The highest BCUT2D eigenvalue weighted by Crippen LogP contribution is 2.19. The molecule has 3 aromatic rings. The molecular weight excluding hydrogens is 430 g/mol. The Labute approximate surface area is 163 Å². The summed E-state index contributed by atoms with van der Waals surface area (Å²) in [7, 11) is 0. The lowest BCUT2D eigenvalue weighted by Crippen LogP contribution is -2.33. The van der Waals surface area contributed by atoms with Gasteiger partial charge in [-0.1, -0.05) is 30.3 Å². The summed E-state index contributed by atoms with van der Waals surface area (Å²) in [4.78, 5) is 7.48. The minimum absolute atomic E-state index is 0. The number of rotatable bonds is 6. The molecule has 0 aliphatic rings. The molecular formula is C19H22FIN4. The molecule has 0 atom stereocenters. The van der Waals surface area contributed by atoms with Gasteiger partial charge in [0.05, 0.1) is 0 Å². The number of guanidine groups is 1. The Bertz CT molecular complexity index is 830. The average molecular weight is 452 g/mol. The zero-order valence-electron chi connectivity index (χ0n) is 13.8. The van der Waals surface area contributed by atoms with Crippen molar-refractivity contribution in [1.29, 1.82) is 0 Å². The molecule has 132 valence electrons. The number of fused-ring (bicyclic) bond motifs is 1. The Hall–Kier alpha value is -2.09. The van der Waals surface area contributed by atoms with Crippen molar-refractivity contribution in [3.05, 3.63) is 71.7 Å². The van der Waals surface area contributed by atoms with Crippen LogP contribution in [0.15, 0.2) is 59.7 Å². The fourth-order valence-corrected chi connectivity index (χ4v) is 2.69. The number of aliphatic imine (C=N–C) groups is 1. The largest absolute Gasteiger partial charge is 0.370 e. The zero-order valence-corrected chi connectivity index (χ0v) is 16.2. The summed E-state index contributed by atoms with van der Waals surface area (Å²) in [6.07, 6.45) is 3.52. The van der Waals surface area contributed by atoms with Crippen molar-refractivity contribution in [2.24, 2.45) is 10.7 Å². The number of nitrogens with one attached hydrogen (secondary N) is 2. The Morgan fingerprint density at radius 2 is 1.92 bits per heavy atom. The molecule has 1 heterocycles. The fraction of sp³-hybridized carbons (Fsp3) is 0.211. The third-order valence-electron chi connectivity index (χ3n) is 3.96. The van der Waals surface area contributed by atoms with Gasteiger partial charge in [-0.25, -0.2) is 4.39 Å². The van der Waals surface area contributed by atoms with E-state index in [9.17, 15) is 4.39 Å². The van der Waals surface area contributed by atoms with Gasteiger partial charge in [0, 0.05) is 30.2 Å². The van der Waals surface area contributed by atoms with Crippen LogP contribution in [0.25, 0.3) is 10.9 Å². The lowest BCUT2D eigenvalue weighted by molar-refractivity contribution is 0.629. The van der Waals surface area contributed by atoms with Crippen molar-refractivity contribution in [2.75, 3.05) is 13.1 Å². The average Bonchev–Trinajstić information content (AvgIpc) is 2.98. The SMILES string of the molecule is I.NC(=NCCc1c[nH]c2ccc(F)cc12)NCCc1ccccc1. The van der Waals surface area contributed by atoms with Crippen LogP contribution in [0.2, 0.25) is 0 Å². The van der Waals surface area contributed by atoms with Gasteiger partial charge < -0.3 is 16.0 Å². The molecule has 0 aliphatic carbocycles. The van der Waals surface area contributed by atoms with E-state index in [0.29, 0.717) is 18.9 Å². The number of nitrogens with two attached hydrogens (primary N) is 1. The molecule has 4 N–H and O–H groups in total. The molecule has 2 aromatic carbocycles. The minimum atomic E-state index is -0.228. The highest BCUT2D eigenvalue weighted by atomic mass is 127. The molecule has 3 rings (SSSR count). The van der Waals surface area contributed by atoms with Crippen LogP contribution in [-0.2, 0) is 12.8 Å². The van der Waals surface area contributed by atoms with Crippen molar-refractivity contribution in [3.63, 3.8) is 0 Å². The van der Waals surface area contributed by atoms with Crippen LogP contribution >= 0.6 is 24.0 Å². The Morgan fingerprint density at radius 3 is 2.72 bits per heavy atom. The molecule has 0 unspecified atom stereocenters. The number of hydrogen-bond donors (Lipinski definition) is 3. The predicted octanol–water partition coefficient (Wildman–Crippen LogP) is 3.61. The van der Waals surface area contributed by atoms with Gasteiger partial charge >= 0.3 is 0 Å². The zero-order chi connectivity index (χ0) is 16.8. The van der Waals surface area contributed by atoms with Gasteiger partial charge in [0.2, 0.25) is 0 Å². The number of benzene rings is 2. The third-order valence-corrected chi connectivity index (χ3v) is 3.96.